The van der Waals surface area contributed by atoms with Gasteiger partial charge < -0.3 is 57.5 Å². The molecule has 1 saturated heterocycles. The third-order valence-electron chi connectivity index (χ3n) is 11.9. The van der Waals surface area contributed by atoms with E-state index >= 15 is 0 Å². The number of carbonyl (C=O) groups excluding carboxylic acids is 6. The van der Waals surface area contributed by atoms with Gasteiger partial charge in [0, 0.05) is 60.7 Å². The molecule has 0 bridgehead atoms. The van der Waals surface area contributed by atoms with Crippen LogP contribution in [0, 0.1) is 0 Å². The number of aromatic amines is 1. The lowest BCUT2D eigenvalue weighted by Crippen LogP contribution is -2.58. The molecule has 79 heavy (non-hydrogen) atoms. The first-order valence-corrected chi connectivity index (χ1v) is 33.1. The van der Waals surface area contributed by atoms with E-state index in [1.807, 2.05) is 19.3 Å². The number of nitrogens with zero attached hydrogens (tertiary/aromatic N) is 6. The molecule has 28 nitrogen and oxygen atoms in total. The maximum absolute atomic E-state index is 13.4. The molecule has 4 heterocycles. The van der Waals surface area contributed by atoms with Crippen LogP contribution in [0.2, 0.25) is 32.2 Å². The number of aryl methyl sites for hydroxylation is 1. The molecule has 13 N–H and O–H groups in total. The summed E-state index contributed by atoms with van der Waals surface area (Å²) in [6, 6.07) is -0.237. The molecule has 426 valence electrons. The predicted octanol–water partition coefficient (Wildman–Crippen LogP) is 0.205. The minimum Gasteiger partial charge on any atom is -0.481 e. The van der Waals surface area contributed by atoms with Gasteiger partial charge in [-0.1, -0.05) is 18.7 Å². The predicted molar refractivity (Wildman–Crippen MR) is 294 cm³/mol. The number of anilines is 2. The average Bonchev–Trinajstić information content (AvgIpc) is 3.66. The highest BCUT2D eigenvalue weighted by Gasteiger charge is 2.41. The Labute approximate surface area is 462 Å². The second kappa shape index (κ2) is 28.5. The van der Waals surface area contributed by atoms with Gasteiger partial charge in [0.15, 0.2) is 33.0 Å². The van der Waals surface area contributed by atoms with E-state index in [-0.39, 0.29) is 47.9 Å². The lowest BCUT2D eigenvalue weighted by molar-refractivity contribution is -0.142. The van der Waals surface area contributed by atoms with Crippen molar-refractivity contribution >= 4 is 116 Å². The number of imide groups is 1. The Morgan fingerprint density at radius 1 is 0.848 bits per heavy atom. The van der Waals surface area contributed by atoms with Crippen molar-refractivity contribution in [3.63, 3.8) is 0 Å². The van der Waals surface area contributed by atoms with E-state index in [1.54, 1.807) is 11.8 Å². The monoisotopic (exact) mass is 1170 g/mol. The Kier molecular flexibility index (Phi) is 22.5. The Morgan fingerprint density at radius 2 is 1.51 bits per heavy atom. The van der Waals surface area contributed by atoms with Crippen LogP contribution in [0.15, 0.2) is 52.8 Å². The maximum Gasteiger partial charge on any atom is 0.327 e. The molecule has 3 aromatic heterocycles. The fourth-order valence-corrected chi connectivity index (χ4v) is 19.4. The molecule has 1 aromatic carbocycles. The summed E-state index contributed by atoms with van der Waals surface area (Å²) in [5.41, 5.74) is 12.8. The molecule has 1 aliphatic rings. The standard InChI is InChI=1S/C47H64N14O14S2Si2/c1-6-25-19-52-47(53-20-25)77-24-79(4,5)75-78(2,3)15-7-14-61-35(63)17-33(43(61)70)76-23-32(45(73)74)58-41(68)31(18-48)57-40(67)30(16-36(64)65)55-34(62)13-12-29(44(71)72)56-39(66)26-8-10-27(11-9-26)50-21-28-22-51-38-37(54-28)42(69)60-46(49)59-38/h8-11,19-20,22,29-33,50H,6-7,12-18,21,23-24,48H2,1-5H3,(H,55,62)(H,56,66)(H,57,67)(H,58,68)(H,64,65)(H,71,72)(H,73,74)(H3,49,51,59,60,69)/t29-,30-,31-,32-,33?/m0/s1. The lowest BCUT2D eigenvalue weighted by Gasteiger charge is -2.34. The normalized spacial score (nSPS) is 15.2. The highest BCUT2D eigenvalue weighted by Crippen LogP contribution is 2.29. The minimum absolute atomic E-state index is 0.0159. The van der Waals surface area contributed by atoms with Crippen molar-refractivity contribution < 1.29 is 62.6 Å². The summed E-state index contributed by atoms with van der Waals surface area (Å²) >= 11 is 2.41. The SMILES string of the molecule is CCc1cnc(SC[Si](C)(C)O[Si](C)(C)CCCN2C(=O)CC(SC[C@H](NC(=O)[C@H](CN)NC(=O)[C@H](CC(=O)O)NC(=O)CC[C@H](NC(=O)c3ccc(NCc4cnc5nc(N)[nH]c(=O)c5n4)cc3)C(=O)O)C(=O)O)C2=O)nc1. The Hall–Kier alpha value is -7.40. The number of carbonyl (C=O) groups is 9. The summed E-state index contributed by atoms with van der Waals surface area (Å²) in [6.45, 7) is 10.1. The number of fused-ring (bicyclic) bond motifs is 1. The number of nitrogens with two attached hydrogens (primary N) is 2. The molecular formula is C47H64N14O14S2Si2. The molecular weight excluding hydrogens is 1100 g/mol. The largest absolute Gasteiger partial charge is 0.481 e. The quantitative estimate of drug-likeness (QED) is 0.0139. The molecule has 5 rings (SSSR count). The van der Waals surface area contributed by atoms with Gasteiger partial charge >= 0.3 is 17.9 Å². The summed E-state index contributed by atoms with van der Waals surface area (Å²) in [5, 5.41) is 41.8. The van der Waals surface area contributed by atoms with Crippen molar-refractivity contribution in [3.8, 4) is 0 Å². The van der Waals surface area contributed by atoms with Gasteiger partial charge in [-0.3, -0.25) is 48.2 Å². The van der Waals surface area contributed by atoms with Crippen LogP contribution in [-0.2, 0) is 55.4 Å². The number of aromatic nitrogens is 6. The van der Waals surface area contributed by atoms with Crippen LogP contribution in [-0.4, -0.2) is 174 Å². The number of amides is 6. The molecule has 1 unspecified atom stereocenters. The molecule has 1 aliphatic heterocycles. The third kappa shape index (κ3) is 19.2. The molecule has 0 radical (unpaired) electrons. The fraction of sp³-hybridized carbons (Fsp3) is 0.468. The topological polar surface area (TPSA) is 436 Å². The molecule has 0 aliphatic carbocycles. The maximum atomic E-state index is 13.4. The summed E-state index contributed by atoms with van der Waals surface area (Å²) in [4.78, 5) is 152. The molecule has 1 fully saturated rings. The number of hydrogen-bond acceptors (Lipinski definition) is 21. The summed E-state index contributed by atoms with van der Waals surface area (Å²) in [7, 11) is -4.40. The second-order valence-electron chi connectivity index (χ2n) is 19.4. The van der Waals surface area contributed by atoms with Gasteiger partial charge in [0.05, 0.1) is 30.1 Å². The van der Waals surface area contributed by atoms with Crippen molar-refractivity contribution in [2.45, 2.75) is 119 Å². The number of thioether (sulfide) groups is 2. The van der Waals surface area contributed by atoms with Crippen molar-refractivity contribution in [2.24, 2.45) is 5.73 Å². The van der Waals surface area contributed by atoms with Crippen molar-refractivity contribution in [1.82, 2.24) is 56.1 Å². The highest BCUT2D eigenvalue weighted by atomic mass is 32.2. The van der Waals surface area contributed by atoms with E-state index in [1.165, 1.54) is 30.5 Å². The zero-order chi connectivity index (χ0) is 58.2. The number of nitrogen functional groups attached to an aromatic ring is 1. The summed E-state index contributed by atoms with van der Waals surface area (Å²) in [6.07, 6.45) is 4.06. The highest BCUT2D eigenvalue weighted by molar-refractivity contribution is 8.01. The number of nitrogens with one attached hydrogen (secondary N) is 6. The van der Waals surface area contributed by atoms with E-state index in [0.29, 0.717) is 29.0 Å². The van der Waals surface area contributed by atoms with Crippen molar-refractivity contribution in [3.05, 3.63) is 70.0 Å². The van der Waals surface area contributed by atoms with E-state index in [9.17, 15) is 63.3 Å². The van der Waals surface area contributed by atoms with E-state index in [0.717, 1.165) is 34.0 Å². The zero-order valence-corrected chi connectivity index (χ0v) is 47.5. The van der Waals surface area contributed by atoms with Crippen LogP contribution in [0.5, 0.6) is 0 Å². The van der Waals surface area contributed by atoms with E-state index in [2.05, 4.69) is 82.7 Å². The molecule has 0 saturated carbocycles. The van der Waals surface area contributed by atoms with Gasteiger partial charge in [-0.2, -0.15) is 4.98 Å². The Morgan fingerprint density at radius 3 is 2.14 bits per heavy atom. The van der Waals surface area contributed by atoms with Crippen LogP contribution in [0.1, 0.15) is 60.6 Å². The van der Waals surface area contributed by atoms with Crippen molar-refractivity contribution in [2.75, 3.05) is 35.3 Å². The van der Waals surface area contributed by atoms with E-state index < -0.39 is 131 Å². The second-order valence-corrected chi connectivity index (χ2v) is 30.8. The van der Waals surface area contributed by atoms with Gasteiger partial charge in [0.25, 0.3) is 11.5 Å². The van der Waals surface area contributed by atoms with Crippen LogP contribution in [0.25, 0.3) is 11.2 Å². The fourth-order valence-electron chi connectivity index (χ4n) is 7.92. The first kappa shape index (κ1) is 62.4. The van der Waals surface area contributed by atoms with Gasteiger partial charge in [-0.25, -0.2) is 29.5 Å². The van der Waals surface area contributed by atoms with Crippen molar-refractivity contribution in [1.29, 1.82) is 0 Å². The molecule has 4 aromatic rings. The Bertz CT molecular complexity index is 2960. The zero-order valence-electron chi connectivity index (χ0n) is 43.9. The first-order chi connectivity index (χ1) is 37.3. The number of likely N-dealkylation sites (tertiary alicyclic amines) is 1. The molecule has 6 amide bonds. The first-order valence-electron chi connectivity index (χ1n) is 24.8. The number of aliphatic carboxylic acids is 3. The molecule has 5 atom stereocenters. The van der Waals surface area contributed by atoms with Gasteiger partial charge in [-0.05, 0) is 81.3 Å². The number of H-pyrrole nitrogens is 1. The van der Waals surface area contributed by atoms with Crippen LogP contribution in [0.3, 0.4) is 0 Å². The average molecular weight is 1170 g/mol. The Balaban J connectivity index is 1.06. The van der Waals surface area contributed by atoms with Crippen LogP contribution in [0.4, 0.5) is 11.6 Å². The summed E-state index contributed by atoms with van der Waals surface area (Å²) < 4.78 is 6.71. The minimum atomic E-state index is -2.24. The van der Waals surface area contributed by atoms with Crippen LogP contribution < -0.4 is 43.6 Å². The molecule has 0 spiro atoms. The summed E-state index contributed by atoms with van der Waals surface area (Å²) in [5.74, 6) is -10.1. The number of rotatable bonds is 31. The van der Waals surface area contributed by atoms with Gasteiger partial charge in [0.1, 0.15) is 24.2 Å². The number of carboxylic acids is 3. The number of hydrogen-bond donors (Lipinski definition) is 11. The smallest absolute Gasteiger partial charge is 0.327 e. The lowest BCUT2D eigenvalue weighted by atomic mass is 10.1. The molecule has 32 heteroatoms. The third-order valence-corrected chi connectivity index (χ3v) is 23.0. The van der Waals surface area contributed by atoms with E-state index in [4.69, 9.17) is 15.6 Å². The van der Waals surface area contributed by atoms with Gasteiger partial charge in [0.2, 0.25) is 35.5 Å². The van der Waals surface area contributed by atoms with Crippen LogP contribution >= 0.6 is 23.5 Å². The number of benzene rings is 1. The van der Waals surface area contributed by atoms with Gasteiger partial charge in [-0.15, -0.1) is 11.8 Å². The number of carboxylic acid groups (broad SMARTS) is 3.